The maximum absolute atomic E-state index is 13.4. The minimum Gasteiger partial charge on any atom is -0.489 e. The van der Waals surface area contributed by atoms with Crippen molar-refractivity contribution in [1.82, 2.24) is 0 Å². The molecule has 0 spiro atoms. The summed E-state index contributed by atoms with van der Waals surface area (Å²) in [4.78, 5) is 0. The number of alkyl halides is 3. The van der Waals surface area contributed by atoms with E-state index in [1.54, 1.807) is 6.07 Å². The van der Waals surface area contributed by atoms with Crippen molar-refractivity contribution in [2.45, 2.75) is 19.2 Å². The largest absolute Gasteiger partial charge is 0.489 e. The molecule has 0 unspecified atom stereocenters. The third kappa shape index (κ3) is 5.95. The highest BCUT2D eigenvalue weighted by Crippen LogP contribution is 2.31. The molecule has 0 bridgehead atoms. The Balaban J connectivity index is 0.00000300. The molecule has 29 heavy (non-hydrogen) atoms. The van der Waals surface area contributed by atoms with Gasteiger partial charge in [0.15, 0.2) is 0 Å². The third-order valence-electron chi connectivity index (χ3n) is 4.33. The highest BCUT2D eigenvalue weighted by molar-refractivity contribution is 5.85. The van der Waals surface area contributed by atoms with Gasteiger partial charge in [-0.05, 0) is 65.6 Å². The predicted octanol–water partition coefficient (Wildman–Crippen LogP) is 6.01. The average molecular weight is 426 g/mol. The van der Waals surface area contributed by atoms with Gasteiger partial charge in [0.05, 0.1) is 5.56 Å². The zero-order chi connectivity index (χ0) is 20.1. The maximum Gasteiger partial charge on any atom is 0.416 e. The number of benzene rings is 3. The molecule has 0 aliphatic carbocycles. The second kappa shape index (κ2) is 9.76. The van der Waals surface area contributed by atoms with Crippen molar-refractivity contribution in [2.24, 2.45) is 5.73 Å². The van der Waals surface area contributed by atoms with Gasteiger partial charge in [-0.15, -0.1) is 12.4 Å². The van der Waals surface area contributed by atoms with Gasteiger partial charge in [0.25, 0.3) is 0 Å². The molecular formula is C22H20ClF4NO. The summed E-state index contributed by atoms with van der Waals surface area (Å²) in [7, 11) is 0. The first-order chi connectivity index (χ1) is 13.4. The van der Waals surface area contributed by atoms with Crippen LogP contribution in [0.5, 0.6) is 5.75 Å². The number of hydrogen-bond donors (Lipinski definition) is 1. The van der Waals surface area contributed by atoms with E-state index in [0.717, 1.165) is 23.3 Å². The van der Waals surface area contributed by atoms with Crippen molar-refractivity contribution in [3.05, 3.63) is 89.2 Å². The fraction of sp³-hybridized carbons (Fsp3) is 0.182. The van der Waals surface area contributed by atoms with Crippen molar-refractivity contribution in [1.29, 1.82) is 0 Å². The van der Waals surface area contributed by atoms with Crippen LogP contribution in [0.15, 0.2) is 66.7 Å². The van der Waals surface area contributed by atoms with E-state index in [1.165, 1.54) is 24.3 Å². The summed E-state index contributed by atoms with van der Waals surface area (Å²) in [6, 6.07) is 16.7. The highest BCUT2D eigenvalue weighted by Gasteiger charge is 2.29. The van der Waals surface area contributed by atoms with E-state index in [-0.39, 0.29) is 24.8 Å². The van der Waals surface area contributed by atoms with Crippen LogP contribution in [0.2, 0.25) is 0 Å². The van der Waals surface area contributed by atoms with Gasteiger partial charge >= 0.3 is 6.18 Å². The lowest BCUT2D eigenvalue weighted by Gasteiger charge is -2.12. The van der Waals surface area contributed by atoms with E-state index >= 15 is 0 Å². The van der Waals surface area contributed by atoms with Gasteiger partial charge in [-0.2, -0.15) is 13.2 Å². The lowest BCUT2D eigenvalue weighted by atomic mass is 10.0. The molecule has 154 valence electrons. The highest BCUT2D eigenvalue weighted by atomic mass is 35.5. The summed E-state index contributed by atoms with van der Waals surface area (Å²) < 4.78 is 57.1. The van der Waals surface area contributed by atoms with Crippen molar-refractivity contribution >= 4 is 12.4 Å². The molecular weight excluding hydrogens is 406 g/mol. The van der Waals surface area contributed by atoms with Crippen LogP contribution in [0.1, 0.15) is 16.7 Å². The zero-order valence-electron chi connectivity index (χ0n) is 15.4. The summed E-state index contributed by atoms with van der Waals surface area (Å²) in [5.41, 5.74) is 7.99. The fourth-order valence-electron chi connectivity index (χ4n) is 2.85. The first kappa shape index (κ1) is 22.7. The molecule has 3 aromatic carbocycles. The monoisotopic (exact) mass is 425 g/mol. The molecule has 7 heteroatoms. The minimum absolute atomic E-state index is 0. The molecule has 0 saturated carbocycles. The summed E-state index contributed by atoms with van der Waals surface area (Å²) in [6.07, 6.45) is -3.83. The van der Waals surface area contributed by atoms with Crippen LogP contribution in [0.3, 0.4) is 0 Å². The summed E-state index contributed by atoms with van der Waals surface area (Å²) in [5.74, 6) is 0.246. The van der Waals surface area contributed by atoms with Crippen molar-refractivity contribution in [3.8, 4) is 16.9 Å². The standard InChI is InChI=1S/C22H19F4NO.ClH/c23-20-9-10-21(18(13-20)11-12-27)28-14-15-1-3-16(4-2-15)17-5-7-19(8-6-17)22(24,25)26;/h1-10,13H,11-12,14,27H2;1H. The number of nitrogens with two attached hydrogens (primary N) is 1. The van der Waals surface area contributed by atoms with E-state index < -0.39 is 11.7 Å². The average Bonchev–Trinajstić information content (AvgIpc) is 2.67. The molecule has 2 N–H and O–H groups in total. The zero-order valence-corrected chi connectivity index (χ0v) is 16.2. The van der Waals surface area contributed by atoms with Gasteiger partial charge in [-0.25, -0.2) is 4.39 Å². The SMILES string of the molecule is Cl.NCCc1cc(F)ccc1OCc1ccc(-c2ccc(C(F)(F)F)cc2)cc1. The Morgan fingerprint density at radius 3 is 1.97 bits per heavy atom. The Labute approximate surface area is 172 Å². The van der Waals surface area contributed by atoms with Crippen LogP contribution >= 0.6 is 12.4 Å². The smallest absolute Gasteiger partial charge is 0.416 e. The third-order valence-corrected chi connectivity index (χ3v) is 4.33. The van der Waals surface area contributed by atoms with Crippen molar-refractivity contribution in [3.63, 3.8) is 0 Å². The van der Waals surface area contributed by atoms with Gasteiger partial charge in [0, 0.05) is 0 Å². The molecule has 0 aliphatic rings. The Hall–Kier alpha value is -2.57. The van der Waals surface area contributed by atoms with Crippen molar-refractivity contribution < 1.29 is 22.3 Å². The molecule has 0 fully saturated rings. The number of ether oxygens (including phenoxy) is 1. The second-order valence-corrected chi connectivity index (χ2v) is 6.35. The van der Waals surface area contributed by atoms with Crippen LogP contribution < -0.4 is 10.5 Å². The number of rotatable bonds is 6. The Morgan fingerprint density at radius 1 is 0.828 bits per heavy atom. The molecule has 0 saturated heterocycles. The first-order valence-electron chi connectivity index (χ1n) is 8.74. The van der Waals surface area contributed by atoms with Gasteiger partial charge < -0.3 is 10.5 Å². The topological polar surface area (TPSA) is 35.2 Å². The molecule has 0 radical (unpaired) electrons. The minimum atomic E-state index is -4.34. The summed E-state index contributed by atoms with van der Waals surface area (Å²) >= 11 is 0. The van der Waals surface area contributed by atoms with Gasteiger partial charge in [0.1, 0.15) is 18.2 Å². The van der Waals surface area contributed by atoms with Gasteiger partial charge in [-0.3, -0.25) is 0 Å². The second-order valence-electron chi connectivity index (χ2n) is 6.35. The molecule has 0 aliphatic heterocycles. The Bertz CT molecular complexity index is 925. The van der Waals surface area contributed by atoms with E-state index in [1.807, 2.05) is 24.3 Å². The molecule has 0 amide bonds. The Morgan fingerprint density at radius 2 is 1.41 bits per heavy atom. The summed E-state index contributed by atoms with van der Waals surface area (Å²) in [6.45, 7) is 0.679. The van der Waals surface area contributed by atoms with Crippen LogP contribution in [-0.4, -0.2) is 6.54 Å². The van der Waals surface area contributed by atoms with E-state index in [0.29, 0.717) is 29.8 Å². The van der Waals surface area contributed by atoms with Crippen LogP contribution in [-0.2, 0) is 19.2 Å². The normalized spacial score (nSPS) is 11.1. The molecule has 0 atom stereocenters. The van der Waals surface area contributed by atoms with Crippen LogP contribution in [0.4, 0.5) is 17.6 Å². The molecule has 3 aromatic rings. The van der Waals surface area contributed by atoms with E-state index in [4.69, 9.17) is 10.5 Å². The Kier molecular flexibility index (Phi) is 7.65. The van der Waals surface area contributed by atoms with Crippen molar-refractivity contribution in [2.75, 3.05) is 6.54 Å². The summed E-state index contributed by atoms with van der Waals surface area (Å²) in [5, 5.41) is 0. The van der Waals surface area contributed by atoms with Crippen LogP contribution in [0.25, 0.3) is 11.1 Å². The van der Waals surface area contributed by atoms with Gasteiger partial charge in [-0.1, -0.05) is 36.4 Å². The quantitative estimate of drug-likeness (QED) is 0.490. The number of halogens is 5. The number of hydrogen-bond acceptors (Lipinski definition) is 2. The van der Waals surface area contributed by atoms with E-state index in [9.17, 15) is 17.6 Å². The lowest BCUT2D eigenvalue weighted by Crippen LogP contribution is -2.06. The first-order valence-corrected chi connectivity index (χ1v) is 8.74. The fourth-order valence-corrected chi connectivity index (χ4v) is 2.85. The maximum atomic E-state index is 13.4. The molecule has 0 heterocycles. The molecule has 2 nitrogen and oxygen atoms in total. The van der Waals surface area contributed by atoms with Crippen LogP contribution in [0, 0.1) is 5.82 Å². The predicted molar refractivity (Wildman–Crippen MR) is 108 cm³/mol. The lowest BCUT2D eigenvalue weighted by molar-refractivity contribution is -0.137. The molecule has 3 rings (SSSR count). The van der Waals surface area contributed by atoms with E-state index in [2.05, 4.69) is 0 Å². The van der Waals surface area contributed by atoms with Gasteiger partial charge in [0.2, 0.25) is 0 Å². The molecule has 0 aromatic heterocycles.